The molecule has 1 saturated carbocycles. The highest BCUT2D eigenvalue weighted by molar-refractivity contribution is 7.89. The number of sulfonamides is 1. The van der Waals surface area contributed by atoms with Crippen LogP contribution in [0, 0.1) is 0 Å². The SMILES string of the molecule is COc1cc(NC(C(=O)N2CC3(CC3)c3ccc(OC)cc32)c2ccc(Cl)cc2)cc(C(C)=NOC(C)(C)C(=O)NS(C)(=O)=O)c1. The highest BCUT2D eigenvalue weighted by Crippen LogP contribution is 2.57. The van der Waals surface area contributed by atoms with E-state index in [-0.39, 0.29) is 11.3 Å². The van der Waals surface area contributed by atoms with Crippen LogP contribution in [0.25, 0.3) is 0 Å². The number of carbonyl (C=O) groups excluding carboxylic acids is 2. The Morgan fingerprint density at radius 1 is 1.00 bits per heavy atom. The molecule has 1 heterocycles. The van der Waals surface area contributed by atoms with Crippen molar-refractivity contribution < 1.29 is 32.3 Å². The van der Waals surface area contributed by atoms with Crippen molar-refractivity contribution in [3.8, 4) is 11.5 Å². The van der Waals surface area contributed by atoms with Crippen molar-refractivity contribution in [1.82, 2.24) is 4.72 Å². The molecule has 0 bridgehead atoms. The largest absolute Gasteiger partial charge is 0.497 e. The molecule has 1 spiro atoms. The summed E-state index contributed by atoms with van der Waals surface area (Å²) in [6.45, 7) is 5.07. The van der Waals surface area contributed by atoms with Gasteiger partial charge in [-0.05, 0) is 75.1 Å². The molecular weight excluding hydrogens is 632 g/mol. The number of carbonyl (C=O) groups is 2. The molecular formula is C33H37ClN4O7S. The lowest BCUT2D eigenvalue weighted by Crippen LogP contribution is -2.45. The highest BCUT2D eigenvalue weighted by Gasteiger charge is 2.53. The van der Waals surface area contributed by atoms with Gasteiger partial charge in [-0.1, -0.05) is 35.0 Å². The van der Waals surface area contributed by atoms with E-state index < -0.39 is 27.6 Å². The van der Waals surface area contributed by atoms with Crippen LogP contribution in [0.1, 0.15) is 56.3 Å². The third-order valence-corrected chi connectivity index (χ3v) is 9.01. The van der Waals surface area contributed by atoms with Crippen molar-refractivity contribution in [2.45, 2.75) is 50.7 Å². The zero-order valence-corrected chi connectivity index (χ0v) is 28.1. The fraction of sp³-hybridized carbons (Fsp3) is 0.364. The summed E-state index contributed by atoms with van der Waals surface area (Å²) in [6, 6.07) is 17.5. The zero-order valence-electron chi connectivity index (χ0n) is 26.5. The van der Waals surface area contributed by atoms with Crippen LogP contribution >= 0.6 is 11.6 Å². The number of hydrogen-bond donors (Lipinski definition) is 2. The van der Waals surface area contributed by atoms with E-state index in [9.17, 15) is 18.0 Å². The van der Waals surface area contributed by atoms with Crippen molar-refractivity contribution in [2.75, 3.05) is 37.2 Å². The van der Waals surface area contributed by atoms with Crippen LogP contribution in [0.15, 0.2) is 65.8 Å². The van der Waals surface area contributed by atoms with Gasteiger partial charge in [0.25, 0.3) is 11.8 Å². The van der Waals surface area contributed by atoms with Crippen LogP contribution in [-0.2, 0) is 29.9 Å². The van der Waals surface area contributed by atoms with Gasteiger partial charge in [0, 0.05) is 40.4 Å². The molecule has 0 radical (unpaired) electrons. The Labute approximate surface area is 273 Å². The number of benzene rings is 3. The van der Waals surface area contributed by atoms with E-state index in [1.54, 1.807) is 44.4 Å². The van der Waals surface area contributed by atoms with E-state index in [1.807, 2.05) is 33.9 Å². The Hall–Kier alpha value is -4.29. The molecule has 11 nitrogen and oxygen atoms in total. The van der Waals surface area contributed by atoms with E-state index >= 15 is 0 Å². The molecule has 0 saturated heterocycles. The van der Waals surface area contributed by atoms with Crippen molar-refractivity contribution in [2.24, 2.45) is 5.16 Å². The Kier molecular flexibility index (Phi) is 8.98. The number of hydrogen-bond acceptors (Lipinski definition) is 9. The summed E-state index contributed by atoms with van der Waals surface area (Å²) >= 11 is 6.21. The molecule has 13 heteroatoms. The lowest BCUT2D eigenvalue weighted by atomic mass is 9.99. The molecule has 2 aliphatic rings. The second-order valence-electron chi connectivity index (χ2n) is 12.1. The predicted octanol–water partition coefficient (Wildman–Crippen LogP) is 5.18. The van der Waals surface area contributed by atoms with Crippen molar-refractivity contribution in [1.29, 1.82) is 0 Å². The van der Waals surface area contributed by atoms with E-state index in [1.165, 1.54) is 21.0 Å². The number of oxime groups is 1. The Balaban J connectivity index is 1.47. The van der Waals surface area contributed by atoms with Crippen LogP contribution in [0.2, 0.25) is 5.02 Å². The highest BCUT2D eigenvalue weighted by atomic mass is 35.5. The number of amides is 2. The minimum Gasteiger partial charge on any atom is -0.497 e. The fourth-order valence-electron chi connectivity index (χ4n) is 5.40. The molecule has 1 fully saturated rings. The van der Waals surface area contributed by atoms with Gasteiger partial charge in [0.2, 0.25) is 15.6 Å². The number of rotatable bonds is 11. The minimum atomic E-state index is -3.78. The van der Waals surface area contributed by atoms with Crippen LogP contribution in [0.3, 0.4) is 0 Å². The van der Waals surface area contributed by atoms with Gasteiger partial charge in [0.1, 0.15) is 17.5 Å². The lowest BCUT2D eigenvalue weighted by molar-refractivity contribution is -0.140. The molecule has 244 valence electrons. The number of fused-ring (bicyclic) bond motifs is 2. The third-order valence-electron chi connectivity index (χ3n) is 8.20. The topological polar surface area (TPSA) is 136 Å². The average molecular weight is 669 g/mol. The summed E-state index contributed by atoms with van der Waals surface area (Å²) in [7, 11) is -0.652. The molecule has 1 aliphatic heterocycles. The molecule has 1 unspecified atom stereocenters. The lowest BCUT2D eigenvalue weighted by Gasteiger charge is -2.27. The Morgan fingerprint density at radius 2 is 1.67 bits per heavy atom. The molecule has 3 aromatic carbocycles. The second-order valence-corrected chi connectivity index (χ2v) is 14.3. The normalized spacial score (nSPS) is 16.0. The van der Waals surface area contributed by atoms with Crippen molar-refractivity contribution in [3.63, 3.8) is 0 Å². The maximum atomic E-state index is 14.5. The van der Waals surface area contributed by atoms with Crippen LogP contribution in [0.5, 0.6) is 11.5 Å². The number of nitrogens with zero attached hydrogens (tertiary/aromatic N) is 2. The van der Waals surface area contributed by atoms with E-state index in [0.717, 1.165) is 30.3 Å². The molecule has 1 aliphatic carbocycles. The molecule has 0 aromatic heterocycles. The summed E-state index contributed by atoms with van der Waals surface area (Å²) in [6.07, 6.45) is 2.91. The fourth-order valence-corrected chi connectivity index (χ4v) is 6.11. The van der Waals surface area contributed by atoms with Gasteiger partial charge in [-0.15, -0.1) is 0 Å². The quantitative estimate of drug-likeness (QED) is 0.211. The summed E-state index contributed by atoms with van der Waals surface area (Å²) < 4.78 is 36.0. The second kappa shape index (κ2) is 12.5. The maximum absolute atomic E-state index is 14.5. The predicted molar refractivity (Wildman–Crippen MR) is 177 cm³/mol. The summed E-state index contributed by atoms with van der Waals surface area (Å²) in [4.78, 5) is 34.2. The Bertz CT molecular complexity index is 1800. The monoisotopic (exact) mass is 668 g/mol. The first-order valence-corrected chi connectivity index (χ1v) is 16.9. The number of methoxy groups -OCH3 is 2. The van der Waals surface area contributed by atoms with Gasteiger partial charge >= 0.3 is 0 Å². The molecule has 2 N–H and O–H groups in total. The first-order valence-electron chi connectivity index (χ1n) is 14.6. The Morgan fingerprint density at radius 3 is 2.28 bits per heavy atom. The first kappa shape index (κ1) is 33.1. The smallest absolute Gasteiger partial charge is 0.279 e. The average Bonchev–Trinajstić information content (AvgIpc) is 3.73. The van der Waals surface area contributed by atoms with Crippen LogP contribution in [0.4, 0.5) is 11.4 Å². The third kappa shape index (κ3) is 7.07. The van der Waals surface area contributed by atoms with Gasteiger partial charge < -0.3 is 24.5 Å². The van der Waals surface area contributed by atoms with Crippen LogP contribution < -0.4 is 24.4 Å². The number of nitrogens with one attached hydrogen (secondary N) is 2. The zero-order chi connectivity index (χ0) is 33.4. The van der Waals surface area contributed by atoms with Gasteiger partial charge in [0.15, 0.2) is 0 Å². The summed E-state index contributed by atoms with van der Waals surface area (Å²) in [5.74, 6) is 0.158. The van der Waals surface area contributed by atoms with Crippen LogP contribution in [-0.4, -0.2) is 58.6 Å². The van der Waals surface area contributed by atoms with Crippen molar-refractivity contribution >= 4 is 50.5 Å². The standard InChI is InChI=1S/C33H37ClN4O7S/c1-20(36-45-32(2,3)31(40)37-46(6,41)42)22-15-24(17-26(16-22)44-5)35-29(21-7-9-23(34)10-8-21)30(39)38-19-33(13-14-33)27-12-11-25(43-4)18-28(27)38/h7-12,15-18,29,35H,13-14,19H2,1-6H3,(H,37,40). The van der Waals surface area contributed by atoms with Gasteiger partial charge in [-0.25, -0.2) is 13.1 Å². The summed E-state index contributed by atoms with van der Waals surface area (Å²) in [5.41, 5.74) is 2.63. The molecule has 2 amide bonds. The van der Waals surface area contributed by atoms with Gasteiger partial charge in [-0.2, -0.15) is 0 Å². The molecule has 3 aromatic rings. The molecule has 1 atom stereocenters. The minimum absolute atomic E-state index is 0.0372. The van der Waals surface area contributed by atoms with E-state index in [0.29, 0.717) is 45.6 Å². The number of halogens is 1. The molecule has 5 rings (SSSR count). The first-order chi connectivity index (χ1) is 21.6. The van der Waals surface area contributed by atoms with Gasteiger partial charge in [-0.3, -0.25) is 9.59 Å². The number of ether oxygens (including phenoxy) is 2. The maximum Gasteiger partial charge on any atom is 0.279 e. The van der Waals surface area contributed by atoms with Gasteiger partial charge in [0.05, 0.1) is 31.9 Å². The van der Waals surface area contributed by atoms with E-state index in [2.05, 4.69) is 16.5 Å². The number of anilines is 2. The summed E-state index contributed by atoms with van der Waals surface area (Å²) in [5, 5.41) is 8.08. The van der Waals surface area contributed by atoms with Crippen molar-refractivity contribution in [3.05, 3.63) is 82.4 Å². The molecule has 46 heavy (non-hydrogen) atoms. The van der Waals surface area contributed by atoms with E-state index in [4.69, 9.17) is 25.9 Å².